The first-order chi connectivity index (χ1) is 8.42. The second kappa shape index (κ2) is 6.17. The molecule has 0 saturated carbocycles. The number of nitrogens with two attached hydrogens (primary N) is 1. The predicted octanol–water partition coefficient (Wildman–Crippen LogP) is 0.626. The third-order valence-electron chi connectivity index (χ3n) is 2.82. The van der Waals surface area contributed by atoms with Gasteiger partial charge in [-0.05, 0) is 31.6 Å². The van der Waals surface area contributed by atoms with E-state index < -0.39 is 10.0 Å². The Morgan fingerprint density at radius 2 is 2.00 bits per heavy atom. The molecule has 0 radical (unpaired) electrons. The molecule has 18 heavy (non-hydrogen) atoms. The molecule has 102 valence electrons. The van der Waals surface area contributed by atoms with Crippen LogP contribution < -0.4 is 15.4 Å². The van der Waals surface area contributed by atoms with Crippen LogP contribution >= 0.6 is 0 Å². The van der Waals surface area contributed by atoms with Crippen LogP contribution in [0.2, 0.25) is 0 Å². The normalized spacial score (nSPS) is 13.3. The van der Waals surface area contributed by atoms with Gasteiger partial charge in [0, 0.05) is 13.6 Å². The Kier molecular flexibility index (Phi) is 5.13. The average Bonchev–Trinajstić information content (AvgIpc) is 2.38. The fourth-order valence-electron chi connectivity index (χ4n) is 1.75. The molecule has 0 heterocycles. The van der Waals surface area contributed by atoms with Crippen LogP contribution in [0.4, 0.5) is 5.69 Å². The molecule has 5 nitrogen and oxygen atoms in total. The van der Waals surface area contributed by atoms with Gasteiger partial charge >= 0.3 is 0 Å². The summed E-state index contributed by atoms with van der Waals surface area (Å²) in [4.78, 5) is 2.21. The van der Waals surface area contributed by atoms with Crippen LogP contribution in [-0.2, 0) is 10.0 Å². The number of hydrogen-bond acceptors (Lipinski definition) is 4. The summed E-state index contributed by atoms with van der Waals surface area (Å²) in [5, 5.41) is 0. The maximum atomic E-state index is 11.9. The average molecular weight is 271 g/mol. The second-order valence-electron chi connectivity index (χ2n) is 4.40. The highest BCUT2D eigenvalue weighted by Gasteiger charge is 2.18. The summed E-state index contributed by atoms with van der Waals surface area (Å²) in [6, 6.07) is 6.94. The zero-order chi connectivity index (χ0) is 13.8. The van der Waals surface area contributed by atoms with E-state index in [1.54, 1.807) is 18.2 Å². The maximum Gasteiger partial charge on any atom is 0.242 e. The highest BCUT2D eigenvalue weighted by Crippen LogP contribution is 2.24. The summed E-state index contributed by atoms with van der Waals surface area (Å²) in [7, 11) is -0.157. The number of sulfonamides is 1. The Bertz CT molecular complexity index is 488. The lowest BCUT2D eigenvalue weighted by Gasteiger charge is -2.24. The Morgan fingerprint density at radius 3 is 2.56 bits per heavy atom. The molecular weight excluding hydrogens is 250 g/mol. The molecule has 1 aromatic carbocycles. The van der Waals surface area contributed by atoms with E-state index in [9.17, 15) is 8.42 Å². The molecule has 1 aromatic rings. The van der Waals surface area contributed by atoms with Gasteiger partial charge in [-0.2, -0.15) is 0 Å². The lowest BCUT2D eigenvalue weighted by molar-refractivity contribution is 0.580. The van der Waals surface area contributed by atoms with Gasteiger partial charge in [0.15, 0.2) is 0 Å². The first-order valence-electron chi connectivity index (χ1n) is 5.86. The van der Waals surface area contributed by atoms with Crippen molar-refractivity contribution in [3.05, 3.63) is 24.3 Å². The molecular formula is C12H21N3O2S. The number of para-hydroxylation sites is 1. The number of nitrogens with one attached hydrogen (secondary N) is 1. The number of hydrogen-bond donors (Lipinski definition) is 2. The van der Waals surface area contributed by atoms with Gasteiger partial charge in [0.25, 0.3) is 0 Å². The number of rotatable bonds is 6. The molecule has 3 N–H and O–H groups in total. The quantitative estimate of drug-likeness (QED) is 0.795. The van der Waals surface area contributed by atoms with Gasteiger partial charge in [-0.15, -0.1) is 0 Å². The monoisotopic (exact) mass is 271 g/mol. The summed E-state index contributed by atoms with van der Waals surface area (Å²) in [5.41, 5.74) is 6.28. The summed E-state index contributed by atoms with van der Waals surface area (Å²) in [6.07, 6.45) is 0. The first kappa shape index (κ1) is 14.9. The van der Waals surface area contributed by atoms with Crippen molar-refractivity contribution in [2.75, 3.05) is 32.1 Å². The van der Waals surface area contributed by atoms with Crippen LogP contribution in [-0.4, -0.2) is 35.6 Å². The summed E-state index contributed by atoms with van der Waals surface area (Å²) in [5.74, 6) is 0.306. The van der Waals surface area contributed by atoms with Gasteiger partial charge in [-0.25, -0.2) is 13.1 Å². The molecule has 0 aliphatic rings. The maximum absolute atomic E-state index is 11.9. The zero-order valence-electron chi connectivity index (χ0n) is 11.1. The second-order valence-corrected chi connectivity index (χ2v) is 6.25. The minimum Gasteiger partial charge on any atom is -0.373 e. The van der Waals surface area contributed by atoms with Crippen molar-refractivity contribution in [1.82, 2.24) is 4.72 Å². The molecule has 0 aliphatic heterocycles. The van der Waals surface area contributed by atoms with E-state index in [0.717, 1.165) is 0 Å². The standard InChI is InChI=1S/C12H21N3O2S/c1-10(8-13)9-15(3)11-6-4-5-7-12(11)18(16,17)14-2/h4-7,10,14H,8-9,13H2,1-3H3. The van der Waals surface area contributed by atoms with Crippen LogP contribution in [0.25, 0.3) is 0 Å². The molecule has 6 heteroatoms. The predicted molar refractivity (Wildman–Crippen MR) is 74.2 cm³/mol. The van der Waals surface area contributed by atoms with Crippen molar-refractivity contribution >= 4 is 15.7 Å². The molecule has 0 aliphatic carbocycles. The molecule has 1 atom stereocenters. The first-order valence-corrected chi connectivity index (χ1v) is 7.34. The van der Waals surface area contributed by atoms with E-state index in [-0.39, 0.29) is 0 Å². The van der Waals surface area contributed by atoms with Gasteiger partial charge in [0.1, 0.15) is 4.90 Å². The van der Waals surface area contributed by atoms with Gasteiger partial charge in [0.2, 0.25) is 10.0 Å². The van der Waals surface area contributed by atoms with Crippen LogP contribution in [0.15, 0.2) is 29.2 Å². The lowest BCUT2D eigenvalue weighted by Crippen LogP contribution is -2.30. The summed E-state index contributed by atoms with van der Waals surface area (Å²) in [6.45, 7) is 3.32. The van der Waals surface area contributed by atoms with Gasteiger partial charge < -0.3 is 10.6 Å². The minimum absolute atomic E-state index is 0.291. The molecule has 1 rings (SSSR count). The topological polar surface area (TPSA) is 75.4 Å². The van der Waals surface area contributed by atoms with Crippen molar-refractivity contribution in [2.45, 2.75) is 11.8 Å². The van der Waals surface area contributed by atoms with Crippen molar-refractivity contribution < 1.29 is 8.42 Å². The van der Waals surface area contributed by atoms with Crippen LogP contribution in [0.5, 0.6) is 0 Å². The van der Waals surface area contributed by atoms with Crippen molar-refractivity contribution in [2.24, 2.45) is 11.7 Å². The number of benzene rings is 1. The van der Waals surface area contributed by atoms with Crippen LogP contribution in [0, 0.1) is 5.92 Å². The molecule has 0 spiro atoms. The molecule has 1 unspecified atom stereocenters. The summed E-state index contributed by atoms with van der Waals surface area (Å²) < 4.78 is 26.2. The fraction of sp³-hybridized carbons (Fsp3) is 0.500. The van der Waals surface area contributed by atoms with E-state index >= 15 is 0 Å². The van der Waals surface area contributed by atoms with E-state index in [2.05, 4.69) is 4.72 Å². The van der Waals surface area contributed by atoms with Gasteiger partial charge in [-0.3, -0.25) is 0 Å². The Hall–Kier alpha value is -1.11. The fourth-order valence-corrected chi connectivity index (χ4v) is 2.73. The molecule has 0 saturated heterocycles. The van der Waals surface area contributed by atoms with Crippen LogP contribution in [0.1, 0.15) is 6.92 Å². The highest BCUT2D eigenvalue weighted by atomic mass is 32.2. The number of anilines is 1. The van der Waals surface area contributed by atoms with Crippen molar-refractivity contribution in [3.8, 4) is 0 Å². The molecule has 0 fully saturated rings. The third-order valence-corrected chi connectivity index (χ3v) is 4.28. The van der Waals surface area contributed by atoms with E-state index in [1.165, 1.54) is 7.05 Å². The van der Waals surface area contributed by atoms with Crippen molar-refractivity contribution in [1.29, 1.82) is 0 Å². The SMILES string of the molecule is CNS(=O)(=O)c1ccccc1N(C)CC(C)CN. The van der Waals surface area contributed by atoms with Crippen molar-refractivity contribution in [3.63, 3.8) is 0 Å². The molecule has 0 bridgehead atoms. The largest absolute Gasteiger partial charge is 0.373 e. The van der Waals surface area contributed by atoms with E-state index in [4.69, 9.17) is 5.73 Å². The summed E-state index contributed by atoms with van der Waals surface area (Å²) >= 11 is 0. The van der Waals surface area contributed by atoms with Gasteiger partial charge in [-0.1, -0.05) is 19.1 Å². The van der Waals surface area contributed by atoms with Gasteiger partial charge in [0.05, 0.1) is 5.69 Å². The number of nitrogens with zero attached hydrogens (tertiary/aromatic N) is 1. The van der Waals surface area contributed by atoms with E-state index in [1.807, 2.05) is 24.9 Å². The highest BCUT2D eigenvalue weighted by molar-refractivity contribution is 7.89. The molecule has 0 amide bonds. The third kappa shape index (κ3) is 3.44. The molecule has 0 aromatic heterocycles. The Balaban J connectivity index is 3.10. The zero-order valence-corrected chi connectivity index (χ0v) is 11.9. The Morgan fingerprint density at radius 1 is 1.39 bits per heavy atom. The minimum atomic E-state index is -3.44. The smallest absolute Gasteiger partial charge is 0.242 e. The lowest BCUT2D eigenvalue weighted by atomic mass is 10.1. The Labute approximate surface area is 109 Å². The van der Waals surface area contributed by atoms with Crippen LogP contribution in [0.3, 0.4) is 0 Å². The van der Waals surface area contributed by atoms with E-state index in [0.29, 0.717) is 29.6 Å².